The minimum Gasteiger partial charge on any atom is -0.321 e. The molecule has 0 amide bonds. The zero-order chi connectivity index (χ0) is 13.1. The van der Waals surface area contributed by atoms with Gasteiger partial charge in [0, 0.05) is 13.0 Å². The summed E-state index contributed by atoms with van der Waals surface area (Å²) in [6.45, 7) is 4.35. The summed E-state index contributed by atoms with van der Waals surface area (Å²) in [5.41, 5.74) is 6.27. The first-order valence-corrected chi connectivity index (χ1v) is 7.29. The summed E-state index contributed by atoms with van der Waals surface area (Å²) in [7, 11) is 1.97. The third-order valence-electron chi connectivity index (χ3n) is 4.34. The molecule has 1 aliphatic carbocycles. The van der Waals surface area contributed by atoms with Crippen LogP contribution in [-0.4, -0.2) is 14.8 Å². The van der Waals surface area contributed by atoms with E-state index in [-0.39, 0.29) is 6.04 Å². The molecule has 2 unspecified atom stereocenters. The van der Waals surface area contributed by atoms with E-state index in [1.54, 1.807) is 0 Å². The van der Waals surface area contributed by atoms with E-state index >= 15 is 0 Å². The number of nitrogens with zero attached hydrogens (tertiary/aromatic N) is 3. The van der Waals surface area contributed by atoms with Crippen molar-refractivity contribution in [2.24, 2.45) is 18.7 Å². The van der Waals surface area contributed by atoms with Crippen molar-refractivity contribution in [3.05, 3.63) is 11.6 Å². The highest BCUT2D eigenvalue weighted by molar-refractivity contribution is 5.04. The molecule has 1 saturated carbocycles. The van der Waals surface area contributed by atoms with Crippen molar-refractivity contribution in [1.29, 1.82) is 0 Å². The first kappa shape index (κ1) is 13.5. The van der Waals surface area contributed by atoms with Crippen LogP contribution in [0, 0.1) is 5.92 Å². The van der Waals surface area contributed by atoms with E-state index in [4.69, 9.17) is 10.7 Å². The predicted molar refractivity (Wildman–Crippen MR) is 73.2 cm³/mol. The lowest BCUT2D eigenvalue weighted by atomic mass is 9.89. The Hall–Kier alpha value is -0.900. The van der Waals surface area contributed by atoms with Crippen molar-refractivity contribution >= 4 is 0 Å². The molecule has 0 radical (unpaired) electrons. The predicted octanol–water partition coefficient (Wildman–Crippen LogP) is 2.91. The van der Waals surface area contributed by atoms with Crippen molar-refractivity contribution in [2.75, 3.05) is 0 Å². The topological polar surface area (TPSA) is 56.7 Å². The maximum absolute atomic E-state index is 6.27. The van der Waals surface area contributed by atoms with Gasteiger partial charge in [-0.15, -0.1) is 0 Å². The maximum Gasteiger partial charge on any atom is 0.154 e. The lowest BCUT2D eigenvalue weighted by molar-refractivity contribution is 0.424. The Morgan fingerprint density at radius 1 is 1.33 bits per heavy atom. The van der Waals surface area contributed by atoms with Crippen LogP contribution in [0.3, 0.4) is 0 Å². The largest absolute Gasteiger partial charge is 0.321 e. The molecule has 0 aliphatic heterocycles. The monoisotopic (exact) mass is 250 g/mol. The third kappa shape index (κ3) is 2.74. The average Bonchev–Trinajstić information content (AvgIpc) is 2.80. The van der Waals surface area contributed by atoms with E-state index in [1.807, 2.05) is 11.7 Å². The van der Waals surface area contributed by atoms with E-state index in [9.17, 15) is 0 Å². The molecule has 102 valence electrons. The van der Waals surface area contributed by atoms with Crippen molar-refractivity contribution in [2.45, 2.75) is 64.3 Å². The molecule has 1 aromatic heterocycles. The first-order valence-electron chi connectivity index (χ1n) is 7.29. The van der Waals surface area contributed by atoms with Gasteiger partial charge in [-0.1, -0.05) is 39.5 Å². The van der Waals surface area contributed by atoms with Gasteiger partial charge in [0.25, 0.3) is 0 Å². The summed E-state index contributed by atoms with van der Waals surface area (Å²) < 4.78 is 1.89. The minimum absolute atomic E-state index is 0.00448. The van der Waals surface area contributed by atoms with Crippen LogP contribution in [0.5, 0.6) is 0 Å². The fraction of sp³-hybridized carbons (Fsp3) is 0.857. The highest BCUT2D eigenvalue weighted by Crippen LogP contribution is 2.31. The van der Waals surface area contributed by atoms with Crippen molar-refractivity contribution < 1.29 is 0 Å². The second kappa shape index (κ2) is 5.83. The summed E-state index contributed by atoms with van der Waals surface area (Å²) >= 11 is 0. The Labute approximate surface area is 110 Å². The van der Waals surface area contributed by atoms with Gasteiger partial charge < -0.3 is 5.73 Å². The second-order valence-corrected chi connectivity index (χ2v) is 5.70. The van der Waals surface area contributed by atoms with Crippen LogP contribution in [0.2, 0.25) is 0 Å². The Bertz CT molecular complexity index is 379. The SMILES string of the molecule is CCC(C)C(N)c1nc(C2CCCCC2)nn1C. The highest BCUT2D eigenvalue weighted by atomic mass is 15.3. The van der Waals surface area contributed by atoms with Gasteiger partial charge in [0.15, 0.2) is 5.82 Å². The van der Waals surface area contributed by atoms with E-state index in [2.05, 4.69) is 18.9 Å². The zero-order valence-corrected chi connectivity index (χ0v) is 11.9. The van der Waals surface area contributed by atoms with Crippen LogP contribution in [-0.2, 0) is 7.05 Å². The van der Waals surface area contributed by atoms with Crippen LogP contribution < -0.4 is 5.73 Å². The van der Waals surface area contributed by atoms with Crippen LogP contribution in [0.25, 0.3) is 0 Å². The summed E-state index contributed by atoms with van der Waals surface area (Å²) in [6, 6.07) is 0.00448. The molecule has 0 spiro atoms. The number of hydrogen-bond donors (Lipinski definition) is 1. The normalized spacial score (nSPS) is 20.9. The molecule has 2 rings (SSSR count). The molecule has 0 saturated heterocycles. The van der Waals surface area contributed by atoms with Gasteiger partial charge in [-0.25, -0.2) is 4.98 Å². The van der Waals surface area contributed by atoms with Crippen molar-refractivity contribution in [3.63, 3.8) is 0 Å². The molecule has 2 N–H and O–H groups in total. The lowest BCUT2D eigenvalue weighted by Gasteiger charge is -2.18. The van der Waals surface area contributed by atoms with Crippen LogP contribution >= 0.6 is 0 Å². The molecular weight excluding hydrogens is 224 g/mol. The van der Waals surface area contributed by atoms with Gasteiger partial charge in [0.2, 0.25) is 0 Å². The van der Waals surface area contributed by atoms with Crippen LogP contribution in [0.15, 0.2) is 0 Å². The molecule has 1 heterocycles. The third-order valence-corrected chi connectivity index (χ3v) is 4.34. The summed E-state index contributed by atoms with van der Waals surface area (Å²) in [5.74, 6) is 2.98. The van der Waals surface area contributed by atoms with Crippen molar-refractivity contribution in [3.8, 4) is 0 Å². The van der Waals surface area contributed by atoms with Crippen LogP contribution in [0.1, 0.15) is 76.0 Å². The minimum atomic E-state index is 0.00448. The standard InChI is InChI=1S/C14H26N4/c1-4-10(2)12(15)14-16-13(17-18(14)3)11-8-6-5-7-9-11/h10-12H,4-9,15H2,1-3H3. The Balaban J connectivity index is 2.15. The maximum atomic E-state index is 6.27. The zero-order valence-electron chi connectivity index (χ0n) is 11.9. The number of aryl methyl sites for hydroxylation is 1. The summed E-state index contributed by atoms with van der Waals surface area (Å²) in [4.78, 5) is 4.73. The first-order chi connectivity index (χ1) is 8.63. The molecule has 4 nitrogen and oxygen atoms in total. The summed E-state index contributed by atoms with van der Waals surface area (Å²) in [6.07, 6.45) is 7.55. The molecule has 1 fully saturated rings. The van der Waals surface area contributed by atoms with Gasteiger partial charge in [0.1, 0.15) is 5.82 Å². The fourth-order valence-corrected chi connectivity index (χ4v) is 2.75. The second-order valence-electron chi connectivity index (χ2n) is 5.70. The van der Waals surface area contributed by atoms with E-state index in [0.29, 0.717) is 11.8 Å². The number of nitrogens with two attached hydrogens (primary N) is 1. The van der Waals surface area contributed by atoms with Gasteiger partial charge in [-0.05, 0) is 18.8 Å². The van der Waals surface area contributed by atoms with Crippen molar-refractivity contribution in [1.82, 2.24) is 14.8 Å². The molecule has 2 atom stereocenters. The van der Waals surface area contributed by atoms with E-state index in [0.717, 1.165) is 18.1 Å². The number of hydrogen-bond acceptors (Lipinski definition) is 3. The number of rotatable bonds is 4. The lowest BCUT2D eigenvalue weighted by Crippen LogP contribution is -2.22. The quantitative estimate of drug-likeness (QED) is 0.894. The van der Waals surface area contributed by atoms with Gasteiger partial charge in [-0.3, -0.25) is 4.68 Å². The van der Waals surface area contributed by atoms with E-state index in [1.165, 1.54) is 32.1 Å². The fourth-order valence-electron chi connectivity index (χ4n) is 2.75. The number of aromatic nitrogens is 3. The molecule has 1 aliphatic rings. The van der Waals surface area contributed by atoms with Gasteiger partial charge in [-0.2, -0.15) is 5.10 Å². The van der Waals surface area contributed by atoms with Crippen LogP contribution in [0.4, 0.5) is 0 Å². The van der Waals surface area contributed by atoms with Gasteiger partial charge >= 0.3 is 0 Å². The Morgan fingerprint density at radius 2 is 2.00 bits per heavy atom. The Morgan fingerprint density at radius 3 is 2.61 bits per heavy atom. The van der Waals surface area contributed by atoms with Gasteiger partial charge in [0.05, 0.1) is 6.04 Å². The highest BCUT2D eigenvalue weighted by Gasteiger charge is 2.24. The average molecular weight is 250 g/mol. The Kier molecular flexibility index (Phi) is 4.38. The molecular formula is C14H26N4. The summed E-state index contributed by atoms with van der Waals surface area (Å²) in [5, 5.41) is 4.60. The molecule has 18 heavy (non-hydrogen) atoms. The molecule has 4 heteroatoms. The molecule has 1 aromatic rings. The smallest absolute Gasteiger partial charge is 0.154 e. The molecule has 0 bridgehead atoms. The molecule has 0 aromatic carbocycles. The van der Waals surface area contributed by atoms with E-state index < -0.39 is 0 Å².